The van der Waals surface area contributed by atoms with Crippen molar-refractivity contribution in [2.45, 2.75) is 26.7 Å². The smallest absolute Gasteiger partial charge is 0.257 e. The monoisotopic (exact) mass is 357 g/mol. The predicted molar refractivity (Wildman–Crippen MR) is 110 cm³/mol. The molecule has 4 nitrogen and oxygen atoms in total. The Bertz CT molecular complexity index is 996. The van der Waals surface area contributed by atoms with Crippen LogP contribution in [-0.2, 0) is 6.42 Å². The maximum Gasteiger partial charge on any atom is 0.257 e. The highest BCUT2D eigenvalue weighted by atomic mass is 16.1. The minimum atomic E-state index is -0.136. The summed E-state index contributed by atoms with van der Waals surface area (Å²) in [6, 6.07) is 16.4. The van der Waals surface area contributed by atoms with Gasteiger partial charge in [-0.25, -0.2) is 0 Å². The third-order valence-electron chi connectivity index (χ3n) is 5.05. The number of fused-ring (bicyclic) bond motifs is 1. The van der Waals surface area contributed by atoms with Crippen molar-refractivity contribution < 1.29 is 4.79 Å². The number of pyridine rings is 1. The molecule has 0 atom stereocenters. The van der Waals surface area contributed by atoms with E-state index in [1.54, 1.807) is 6.20 Å². The van der Waals surface area contributed by atoms with Crippen molar-refractivity contribution in [2.75, 3.05) is 16.8 Å². The molecule has 1 aliphatic rings. The number of nitrogens with zero attached hydrogens (tertiary/aromatic N) is 2. The number of para-hydroxylation sites is 1. The summed E-state index contributed by atoms with van der Waals surface area (Å²) < 4.78 is 0. The summed E-state index contributed by atoms with van der Waals surface area (Å²) in [6.07, 6.45) is 5.64. The number of nitrogens with one attached hydrogen (secondary N) is 1. The van der Waals surface area contributed by atoms with Crippen molar-refractivity contribution in [1.29, 1.82) is 0 Å². The maximum atomic E-state index is 12.8. The van der Waals surface area contributed by atoms with Gasteiger partial charge < -0.3 is 10.2 Å². The van der Waals surface area contributed by atoms with E-state index in [4.69, 9.17) is 0 Å². The number of benzene rings is 2. The van der Waals surface area contributed by atoms with Crippen molar-refractivity contribution in [1.82, 2.24) is 4.98 Å². The predicted octanol–water partition coefficient (Wildman–Crippen LogP) is 5.04. The molecule has 0 unspecified atom stereocenters. The van der Waals surface area contributed by atoms with Crippen LogP contribution in [0.25, 0.3) is 0 Å². The number of amides is 1. The van der Waals surface area contributed by atoms with E-state index in [2.05, 4.69) is 39.5 Å². The summed E-state index contributed by atoms with van der Waals surface area (Å²) in [5.41, 5.74) is 7.07. The molecule has 2 aromatic carbocycles. The van der Waals surface area contributed by atoms with E-state index in [9.17, 15) is 4.79 Å². The fraction of sp³-hybridized carbons (Fsp3) is 0.217. The largest absolute Gasteiger partial charge is 0.340 e. The van der Waals surface area contributed by atoms with Crippen LogP contribution in [0, 0.1) is 13.8 Å². The first-order valence-electron chi connectivity index (χ1n) is 9.31. The molecule has 0 fully saturated rings. The zero-order chi connectivity index (χ0) is 18.8. The second-order valence-electron chi connectivity index (χ2n) is 7.09. The molecule has 4 heteroatoms. The molecule has 0 saturated heterocycles. The first-order chi connectivity index (χ1) is 13.1. The molecule has 136 valence electrons. The van der Waals surface area contributed by atoms with E-state index in [0.717, 1.165) is 41.9 Å². The molecule has 0 radical (unpaired) electrons. The molecule has 27 heavy (non-hydrogen) atoms. The van der Waals surface area contributed by atoms with E-state index in [0.29, 0.717) is 5.56 Å². The van der Waals surface area contributed by atoms with Crippen LogP contribution in [0.1, 0.15) is 33.5 Å². The number of anilines is 3. The van der Waals surface area contributed by atoms with Gasteiger partial charge in [0, 0.05) is 24.1 Å². The zero-order valence-electron chi connectivity index (χ0n) is 15.7. The number of carbonyl (C=O) groups excluding carboxylic acids is 1. The molecule has 1 aliphatic heterocycles. The summed E-state index contributed by atoms with van der Waals surface area (Å²) in [4.78, 5) is 19.4. The van der Waals surface area contributed by atoms with E-state index in [1.807, 2.05) is 44.3 Å². The van der Waals surface area contributed by atoms with Crippen LogP contribution in [0.15, 0.2) is 60.9 Å². The molecule has 4 rings (SSSR count). The highest BCUT2D eigenvalue weighted by Crippen LogP contribution is 2.33. The third-order valence-corrected chi connectivity index (χ3v) is 5.05. The Morgan fingerprint density at radius 2 is 1.93 bits per heavy atom. The van der Waals surface area contributed by atoms with Crippen LogP contribution in [0.3, 0.4) is 0 Å². The van der Waals surface area contributed by atoms with Crippen LogP contribution in [0.2, 0.25) is 0 Å². The number of rotatable bonds is 3. The summed E-state index contributed by atoms with van der Waals surface area (Å²) in [5, 5.41) is 3.02. The summed E-state index contributed by atoms with van der Waals surface area (Å²) >= 11 is 0. The zero-order valence-corrected chi connectivity index (χ0v) is 15.7. The van der Waals surface area contributed by atoms with E-state index >= 15 is 0 Å². The molecule has 0 bridgehead atoms. The quantitative estimate of drug-likeness (QED) is 0.715. The molecule has 2 heterocycles. The number of carbonyl (C=O) groups is 1. The van der Waals surface area contributed by atoms with Gasteiger partial charge in [0.2, 0.25) is 0 Å². The average Bonchev–Trinajstić information content (AvgIpc) is 2.70. The van der Waals surface area contributed by atoms with E-state index in [-0.39, 0.29) is 5.91 Å². The Morgan fingerprint density at radius 3 is 2.81 bits per heavy atom. The van der Waals surface area contributed by atoms with Gasteiger partial charge in [-0.1, -0.05) is 30.3 Å². The minimum absolute atomic E-state index is 0.136. The Balaban J connectivity index is 1.62. The van der Waals surface area contributed by atoms with Crippen LogP contribution < -0.4 is 10.2 Å². The Hall–Kier alpha value is -3.14. The second kappa shape index (κ2) is 7.23. The van der Waals surface area contributed by atoms with Crippen molar-refractivity contribution in [3.63, 3.8) is 0 Å². The second-order valence-corrected chi connectivity index (χ2v) is 7.09. The standard InChI is InChI=1S/C23H23N3O/c1-16-9-10-17(2)21(12-16)25-23(27)19-13-20(15-24-14-19)26-11-5-7-18-6-3-4-8-22(18)26/h3-4,6,8-10,12-15H,5,7,11H2,1-2H3,(H,25,27). The van der Waals surface area contributed by atoms with Gasteiger partial charge in [0.15, 0.2) is 0 Å². The molecule has 0 spiro atoms. The molecular formula is C23H23N3O. The van der Waals surface area contributed by atoms with Gasteiger partial charge in [-0.3, -0.25) is 9.78 Å². The normalized spacial score (nSPS) is 13.2. The Morgan fingerprint density at radius 1 is 1.07 bits per heavy atom. The lowest BCUT2D eigenvalue weighted by Gasteiger charge is -2.31. The molecule has 3 aromatic rings. The van der Waals surface area contributed by atoms with Crippen molar-refractivity contribution in [2.24, 2.45) is 0 Å². The molecule has 0 saturated carbocycles. The minimum Gasteiger partial charge on any atom is -0.340 e. The summed E-state index contributed by atoms with van der Waals surface area (Å²) in [5.74, 6) is -0.136. The summed E-state index contributed by atoms with van der Waals surface area (Å²) in [6.45, 7) is 4.94. The maximum absolute atomic E-state index is 12.8. The van der Waals surface area contributed by atoms with Gasteiger partial charge in [0.05, 0.1) is 17.4 Å². The van der Waals surface area contributed by atoms with Gasteiger partial charge in [0.1, 0.15) is 0 Å². The molecule has 1 aromatic heterocycles. The Labute approximate surface area is 159 Å². The number of aryl methyl sites for hydroxylation is 3. The van der Waals surface area contributed by atoms with Gasteiger partial charge >= 0.3 is 0 Å². The third kappa shape index (κ3) is 3.56. The van der Waals surface area contributed by atoms with Crippen molar-refractivity contribution in [3.8, 4) is 0 Å². The SMILES string of the molecule is Cc1ccc(C)c(NC(=O)c2cncc(N3CCCc4ccccc43)c2)c1. The van der Waals surface area contributed by atoms with E-state index in [1.165, 1.54) is 11.3 Å². The highest BCUT2D eigenvalue weighted by molar-refractivity contribution is 6.05. The topological polar surface area (TPSA) is 45.2 Å². The Kier molecular flexibility index (Phi) is 4.63. The average molecular weight is 357 g/mol. The van der Waals surface area contributed by atoms with Crippen molar-refractivity contribution in [3.05, 3.63) is 83.2 Å². The first-order valence-corrected chi connectivity index (χ1v) is 9.31. The number of hydrogen-bond donors (Lipinski definition) is 1. The lowest BCUT2D eigenvalue weighted by molar-refractivity contribution is 0.102. The van der Waals surface area contributed by atoms with Crippen LogP contribution >= 0.6 is 0 Å². The molecular weight excluding hydrogens is 334 g/mol. The lowest BCUT2D eigenvalue weighted by Crippen LogP contribution is -2.25. The van der Waals surface area contributed by atoms with Gasteiger partial charge in [-0.05, 0) is 61.6 Å². The highest BCUT2D eigenvalue weighted by Gasteiger charge is 2.19. The van der Waals surface area contributed by atoms with Crippen LogP contribution in [0.5, 0.6) is 0 Å². The molecule has 0 aliphatic carbocycles. The van der Waals surface area contributed by atoms with Gasteiger partial charge in [-0.15, -0.1) is 0 Å². The van der Waals surface area contributed by atoms with Crippen LogP contribution in [0.4, 0.5) is 17.1 Å². The molecule has 1 N–H and O–H groups in total. The van der Waals surface area contributed by atoms with Crippen molar-refractivity contribution >= 4 is 23.0 Å². The number of hydrogen-bond acceptors (Lipinski definition) is 3. The lowest BCUT2D eigenvalue weighted by atomic mass is 10.0. The van der Waals surface area contributed by atoms with Gasteiger partial charge in [0.25, 0.3) is 5.91 Å². The summed E-state index contributed by atoms with van der Waals surface area (Å²) in [7, 11) is 0. The fourth-order valence-corrected chi connectivity index (χ4v) is 3.57. The number of aromatic nitrogens is 1. The fourth-order valence-electron chi connectivity index (χ4n) is 3.57. The van der Waals surface area contributed by atoms with Gasteiger partial charge in [-0.2, -0.15) is 0 Å². The van der Waals surface area contributed by atoms with E-state index < -0.39 is 0 Å². The van der Waals surface area contributed by atoms with Crippen LogP contribution in [-0.4, -0.2) is 17.4 Å². The first kappa shape index (κ1) is 17.3. The molecule has 1 amide bonds.